The predicted molar refractivity (Wildman–Crippen MR) is 90.4 cm³/mol. The summed E-state index contributed by atoms with van der Waals surface area (Å²) in [5.41, 5.74) is 7.66. The topological polar surface area (TPSA) is 72.2 Å². The highest BCUT2D eigenvalue weighted by atomic mass is 32.1. The maximum absolute atomic E-state index is 12.6. The molecule has 5 heteroatoms. The van der Waals surface area contributed by atoms with Crippen LogP contribution >= 0.6 is 11.3 Å². The van der Waals surface area contributed by atoms with E-state index in [4.69, 9.17) is 5.73 Å². The van der Waals surface area contributed by atoms with Gasteiger partial charge < -0.3 is 11.1 Å². The van der Waals surface area contributed by atoms with E-state index in [1.807, 2.05) is 51.1 Å². The molecule has 1 aromatic heterocycles. The van der Waals surface area contributed by atoms with Gasteiger partial charge in [-0.25, -0.2) is 0 Å². The van der Waals surface area contributed by atoms with E-state index in [9.17, 15) is 9.59 Å². The summed E-state index contributed by atoms with van der Waals surface area (Å²) < 4.78 is 0. The SMILES string of the molecule is CC[C@@H](C(=O)Nc1sc(C)c(C)c1C(N)=O)c1ccccc1. The van der Waals surface area contributed by atoms with Crippen molar-refractivity contribution in [2.75, 3.05) is 5.32 Å². The predicted octanol–water partition coefficient (Wildman–Crippen LogP) is 3.60. The second kappa shape index (κ2) is 6.75. The lowest BCUT2D eigenvalue weighted by Gasteiger charge is -2.15. The number of hydrogen-bond donors (Lipinski definition) is 2. The normalized spacial score (nSPS) is 12.0. The number of amides is 2. The molecular formula is C17H20N2O2S. The van der Waals surface area contributed by atoms with Gasteiger partial charge in [0.2, 0.25) is 5.91 Å². The van der Waals surface area contributed by atoms with Crippen LogP contribution in [-0.2, 0) is 4.79 Å². The van der Waals surface area contributed by atoms with Gasteiger partial charge in [0.25, 0.3) is 5.91 Å². The third kappa shape index (κ3) is 3.20. The molecule has 0 aliphatic carbocycles. The Labute approximate surface area is 134 Å². The van der Waals surface area contributed by atoms with Gasteiger partial charge >= 0.3 is 0 Å². The average Bonchev–Trinajstić information content (AvgIpc) is 2.75. The number of carbonyl (C=O) groups excluding carboxylic acids is 2. The van der Waals surface area contributed by atoms with Crippen molar-refractivity contribution in [1.82, 2.24) is 0 Å². The van der Waals surface area contributed by atoms with E-state index < -0.39 is 5.91 Å². The summed E-state index contributed by atoms with van der Waals surface area (Å²) in [4.78, 5) is 25.2. The lowest BCUT2D eigenvalue weighted by Crippen LogP contribution is -2.22. The van der Waals surface area contributed by atoms with Crippen LogP contribution in [0.5, 0.6) is 0 Å². The van der Waals surface area contributed by atoms with Gasteiger partial charge in [0.1, 0.15) is 5.00 Å². The van der Waals surface area contributed by atoms with Crippen molar-refractivity contribution in [1.29, 1.82) is 0 Å². The molecule has 1 heterocycles. The smallest absolute Gasteiger partial charge is 0.251 e. The number of hydrogen-bond acceptors (Lipinski definition) is 3. The summed E-state index contributed by atoms with van der Waals surface area (Å²) in [6.07, 6.45) is 0.686. The van der Waals surface area contributed by atoms with Crippen LogP contribution in [0.25, 0.3) is 0 Å². The molecule has 1 aromatic carbocycles. The van der Waals surface area contributed by atoms with Crippen molar-refractivity contribution in [3.05, 3.63) is 51.9 Å². The Hall–Kier alpha value is -2.14. The quantitative estimate of drug-likeness (QED) is 0.884. The maximum atomic E-state index is 12.6. The Morgan fingerprint density at radius 1 is 1.23 bits per heavy atom. The fourth-order valence-electron chi connectivity index (χ4n) is 2.47. The fourth-order valence-corrected chi connectivity index (χ4v) is 3.54. The molecule has 0 aliphatic heterocycles. The van der Waals surface area contributed by atoms with Gasteiger partial charge in [-0.3, -0.25) is 9.59 Å². The van der Waals surface area contributed by atoms with Gasteiger partial charge in [0.05, 0.1) is 11.5 Å². The average molecular weight is 316 g/mol. The maximum Gasteiger partial charge on any atom is 0.251 e. The van der Waals surface area contributed by atoms with Crippen molar-refractivity contribution >= 4 is 28.2 Å². The number of anilines is 1. The largest absolute Gasteiger partial charge is 0.365 e. The van der Waals surface area contributed by atoms with Gasteiger partial charge in [-0.2, -0.15) is 0 Å². The number of rotatable bonds is 5. The van der Waals surface area contributed by atoms with Crippen LogP contribution in [0.3, 0.4) is 0 Å². The summed E-state index contributed by atoms with van der Waals surface area (Å²) in [7, 11) is 0. The van der Waals surface area contributed by atoms with Crippen molar-refractivity contribution in [3.63, 3.8) is 0 Å². The van der Waals surface area contributed by atoms with Crippen molar-refractivity contribution < 1.29 is 9.59 Å². The molecule has 2 amide bonds. The van der Waals surface area contributed by atoms with E-state index in [0.717, 1.165) is 16.0 Å². The lowest BCUT2D eigenvalue weighted by molar-refractivity contribution is -0.117. The number of nitrogens with two attached hydrogens (primary N) is 1. The van der Waals surface area contributed by atoms with Crippen molar-refractivity contribution in [3.8, 4) is 0 Å². The molecule has 0 saturated heterocycles. The minimum atomic E-state index is -0.509. The second-order valence-corrected chi connectivity index (χ2v) is 6.44. The van der Waals surface area contributed by atoms with Gasteiger partial charge in [-0.05, 0) is 31.4 Å². The highest BCUT2D eigenvalue weighted by Crippen LogP contribution is 2.33. The number of aryl methyl sites for hydroxylation is 1. The summed E-state index contributed by atoms with van der Waals surface area (Å²) in [6, 6.07) is 9.63. The molecule has 0 radical (unpaired) electrons. The molecule has 116 valence electrons. The molecule has 0 bridgehead atoms. The zero-order valence-corrected chi connectivity index (χ0v) is 13.8. The van der Waals surface area contributed by atoms with Crippen molar-refractivity contribution in [2.45, 2.75) is 33.1 Å². The first kappa shape index (κ1) is 16.2. The third-order valence-electron chi connectivity index (χ3n) is 3.80. The van der Waals surface area contributed by atoms with Gasteiger partial charge in [0.15, 0.2) is 0 Å². The second-order valence-electron chi connectivity index (χ2n) is 5.21. The van der Waals surface area contributed by atoms with E-state index in [1.165, 1.54) is 11.3 Å². The fraction of sp³-hybridized carbons (Fsp3) is 0.294. The molecule has 22 heavy (non-hydrogen) atoms. The molecule has 4 nitrogen and oxygen atoms in total. The zero-order valence-electron chi connectivity index (χ0n) is 13.0. The summed E-state index contributed by atoms with van der Waals surface area (Å²) in [6.45, 7) is 5.73. The minimum absolute atomic E-state index is 0.113. The standard InChI is InChI=1S/C17H20N2O2S/c1-4-13(12-8-6-5-7-9-12)16(21)19-17-14(15(18)20)10(2)11(3)22-17/h5-9,13H,4H2,1-3H3,(H2,18,20)(H,19,21)/t13-/m1/s1. The number of benzene rings is 1. The Kier molecular flexibility index (Phi) is 4.98. The zero-order chi connectivity index (χ0) is 16.3. The van der Waals surface area contributed by atoms with E-state index in [0.29, 0.717) is 17.0 Å². The number of carbonyl (C=O) groups is 2. The molecule has 1 atom stereocenters. The van der Waals surface area contributed by atoms with Crippen LogP contribution < -0.4 is 11.1 Å². The molecule has 2 rings (SSSR count). The molecule has 0 saturated carbocycles. The number of nitrogens with one attached hydrogen (secondary N) is 1. The van der Waals surface area contributed by atoms with Crippen LogP contribution in [0.15, 0.2) is 30.3 Å². The van der Waals surface area contributed by atoms with Gasteiger partial charge in [-0.15, -0.1) is 11.3 Å². The van der Waals surface area contributed by atoms with E-state index >= 15 is 0 Å². The number of primary amides is 1. The van der Waals surface area contributed by atoms with E-state index in [-0.39, 0.29) is 11.8 Å². The van der Waals surface area contributed by atoms with Gasteiger partial charge in [0, 0.05) is 4.88 Å². The minimum Gasteiger partial charge on any atom is -0.365 e. The van der Waals surface area contributed by atoms with Crippen LogP contribution in [0.1, 0.15) is 45.6 Å². The lowest BCUT2D eigenvalue weighted by atomic mass is 9.95. The summed E-state index contributed by atoms with van der Waals surface area (Å²) in [5.74, 6) is -0.869. The molecular weight excluding hydrogens is 296 g/mol. The van der Waals surface area contributed by atoms with Crippen LogP contribution in [0.4, 0.5) is 5.00 Å². The molecule has 3 N–H and O–H groups in total. The van der Waals surface area contributed by atoms with Crippen LogP contribution in [0.2, 0.25) is 0 Å². The highest BCUT2D eigenvalue weighted by molar-refractivity contribution is 7.16. The molecule has 0 spiro atoms. The Bertz CT molecular complexity index is 692. The van der Waals surface area contributed by atoms with E-state index in [1.54, 1.807) is 0 Å². The Morgan fingerprint density at radius 2 is 1.86 bits per heavy atom. The summed E-state index contributed by atoms with van der Waals surface area (Å²) in [5, 5.41) is 3.43. The summed E-state index contributed by atoms with van der Waals surface area (Å²) >= 11 is 1.39. The molecule has 0 fully saturated rings. The number of thiophene rings is 1. The molecule has 2 aromatic rings. The van der Waals surface area contributed by atoms with Gasteiger partial charge in [-0.1, -0.05) is 37.3 Å². The van der Waals surface area contributed by atoms with E-state index in [2.05, 4.69) is 5.32 Å². The van der Waals surface area contributed by atoms with Crippen LogP contribution in [0, 0.1) is 13.8 Å². The first-order valence-electron chi connectivity index (χ1n) is 7.21. The van der Waals surface area contributed by atoms with Crippen molar-refractivity contribution in [2.24, 2.45) is 5.73 Å². The molecule has 0 aliphatic rings. The Morgan fingerprint density at radius 3 is 2.41 bits per heavy atom. The molecule has 0 unspecified atom stereocenters. The first-order valence-corrected chi connectivity index (χ1v) is 8.03. The van der Waals surface area contributed by atoms with Crippen LogP contribution in [-0.4, -0.2) is 11.8 Å². The first-order chi connectivity index (χ1) is 10.5. The monoisotopic (exact) mass is 316 g/mol. The third-order valence-corrected chi connectivity index (χ3v) is 4.92. The highest BCUT2D eigenvalue weighted by Gasteiger charge is 2.23. The Balaban J connectivity index is 2.29.